The van der Waals surface area contributed by atoms with Crippen molar-refractivity contribution in [2.45, 2.75) is 6.42 Å². The van der Waals surface area contributed by atoms with Crippen molar-refractivity contribution in [3.8, 4) is 0 Å². The second kappa shape index (κ2) is 4.66. The van der Waals surface area contributed by atoms with E-state index in [1.165, 1.54) is 13.0 Å². The third-order valence-electron chi connectivity index (χ3n) is 1.81. The average molecular weight is 142 g/mol. The zero-order valence-corrected chi connectivity index (χ0v) is 6.42. The van der Waals surface area contributed by atoms with Gasteiger partial charge in [0, 0.05) is 32.7 Å². The zero-order valence-electron chi connectivity index (χ0n) is 6.42. The second-order valence-corrected chi connectivity index (χ2v) is 2.65. The van der Waals surface area contributed by atoms with Gasteiger partial charge < -0.3 is 10.6 Å². The summed E-state index contributed by atoms with van der Waals surface area (Å²) in [5.41, 5.74) is 5.44. The molecular formula is C7H16N3. The molecule has 0 unspecified atom stereocenters. The summed E-state index contributed by atoms with van der Waals surface area (Å²) in [4.78, 5) is 2.39. The summed E-state index contributed by atoms with van der Waals surface area (Å²) >= 11 is 0. The fourth-order valence-electron chi connectivity index (χ4n) is 1.25. The van der Waals surface area contributed by atoms with Crippen molar-refractivity contribution in [1.82, 2.24) is 10.2 Å². The normalized spacial score (nSPS) is 22.5. The predicted octanol–water partition coefficient (Wildman–Crippen LogP) is -0.745. The van der Waals surface area contributed by atoms with Gasteiger partial charge in [-0.2, -0.15) is 0 Å². The second-order valence-electron chi connectivity index (χ2n) is 2.65. The minimum absolute atomic E-state index is 0.778. The van der Waals surface area contributed by atoms with Crippen molar-refractivity contribution in [2.24, 2.45) is 5.73 Å². The standard InChI is InChI=1S/C7H16N3/c8-2-6-10-5-1-3-9-4-7-10/h1-8H2. The Labute approximate surface area is 62.6 Å². The van der Waals surface area contributed by atoms with Crippen LogP contribution in [0.4, 0.5) is 0 Å². The topological polar surface area (TPSA) is 43.4 Å². The SMILES string of the molecule is NCCN1CCC[N]CC1. The molecule has 0 aromatic rings. The summed E-state index contributed by atoms with van der Waals surface area (Å²) in [5.74, 6) is 0. The summed E-state index contributed by atoms with van der Waals surface area (Å²) in [6, 6.07) is 0. The average Bonchev–Trinajstić information content (AvgIpc) is 2.17. The first-order valence-corrected chi connectivity index (χ1v) is 3.99. The van der Waals surface area contributed by atoms with Gasteiger partial charge in [0.05, 0.1) is 0 Å². The lowest BCUT2D eigenvalue weighted by Gasteiger charge is -2.17. The molecule has 0 aliphatic carbocycles. The minimum Gasteiger partial charge on any atom is -0.329 e. The van der Waals surface area contributed by atoms with Crippen LogP contribution in [0.25, 0.3) is 0 Å². The molecule has 1 aliphatic heterocycles. The van der Waals surface area contributed by atoms with Crippen LogP contribution in [0.1, 0.15) is 6.42 Å². The molecule has 0 aromatic heterocycles. The maximum absolute atomic E-state index is 5.44. The highest BCUT2D eigenvalue weighted by Gasteiger charge is 2.06. The third kappa shape index (κ3) is 2.64. The van der Waals surface area contributed by atoms with E-state index in [0.29, 0.717) is 0 Å². The van der Waals surface area contributed by atoms with Gasteiger partial charge in [-0.25, -0.2) is 5.32 Å². The maximum atomic E-state index is 5.44. The fraction of sp³-hybridized carbons (Fsp3) is 1.00. The van der Waals surface area contributed by atoms with Crippen molar-refractivity contribution < 1.29 is 0 Å². The van der Waals surface area contributed by atoms with Gasteiger partial charge in [-0.3, -0.25) is 0 Å². The van der Waals surface area contributed by atoms with Crippen LogP contribution < -0.4 is 11.1 Å². The van der Waals surface area contributed by atoms with Gasteiger partial charge in [-0.1, -0.05) is 0 Å². The van der Waals surface area contributed by atoms with E-state index < -0.39 is 0 Å². The molecule has 0 saturated carbocycles. The van der Waals surface area contributed by atoms with Crippen LogP contribution in [0.3, 0.4) is 0 Å². The monoisotopic (exact) mass is 142 g/mol. The Hall–Kier alpha value is -0.120. The Morgan fingerprint density at radius 2 is 2.20 bits per heavy atom. The van der Waals surface area contributed by atoms with Crippen molar-refractivity contribution in [3.63, 3.8) is 0 Å². The molecule has 0 atom stereocenters. The molecule has 3 heteroatoms. The van der Waals surface area contributed by atoms with Crippen molar-refractivity contribution in [2.75, 3.05) is 39.3 Å². The summed E-state index contributed by atoms with van der Waals surface area (Å²) < 4.78 is 0. The van der Waals surface area contributed by atoms with Gasteiger partial charge in [0.25, 0.3) is 0 Å². The van der Waals surface area contributed by atoms with Crippen molar-refractivity contribution >= 4 is 0 Å². The Balaban J connectivity index is 2.15. The van der Waals surface area contributed by atoms with Gasteiger partial charge in [0.2, 0.25) is 0 Å². The van der Waals surface area contributed by atoms with E-state index in [2.05, 4.69) is 10.2 Å². The smallest absolute Gasteiger partial charge is 0.0261 e. The number of nitrogens with two attached hydrogens (primary N) is 1. The summed E-state index contributed by atoms with van der Waals surface area (Å²) in [6.07, 6.45) is 1.21. The molecule has 0 aromatic carbocycles. The van der Waals surface area contributed by atoms with Gasteiger partial charge in [0.1, 0.15) is 0 Å². The molecule has 1 rings (SSSR count). The quantitative estimate of drug-likeness (QED) is 0.551. The molecule has 1 aliphatic rings. The number of rotatable bonds is 2. The first-order valence-electron chi connectivity index (χ1n) is 3.99. The van der Waals surface area contributed by atoms with Gasteiger partial charge in [0.15, 0.2) is 0 Å². The summed E-state index contributed by atoms with van der Waals surface area (Å²) in [5, 5.41) is 4.32. The highest BCUT2D eigenvalue weighted by molar-refractivity contribution is 4.64. The number of hydrogen-bond donors (Lipinski definition) is 1. The first kappa shape index (κ1) is 7.98. The lowest BCUT2D eigenvalue weighted by atomic mass is 10.4. The van der Waals surface area contributed by atoms with Gasteiger partial charge >= 0.3 is 0 Å². The molecule has 59 valence electrons. The van der Waals surface area contributed by atoms with E-state index in [-0.39, 0.29) is 0 Å². The molecule has 2 N–H and O–H groups in total. The molecule has 1 radical (unpaired) electrons. The fourth-order valence-corrected chi connectivity index (χ4v) is 1.25. The van der Waals surface area contributed by atoms with E-state index >= 15 is 0 Å². The zero-order chi connectivity index (χ0) is 7.23. The van der Waals surface area contributed by atoms with E-state index in [1.807, 2.05) is 0 Å². The molecule has 10 heavy (non-hydrogen) atoms. The van der Waals surface area contributed by atoms with E-state index in [0.717, 1.165) is 32.7 Å². The van der Waals surface area contributed by atoms with Crippen LogP contribution in [0.2, 0.25) is 0 Å². The Bertz CT molecular complexity index is 76.9. The van der Waals surface area contributed by atoms with Crippen LogP contribution in [0.5, 0.6) is 0 Å². The van der Waals surface area contributed by atoms with Crippen LogP contribution >= 0.6 is 0 Å². The molecular weight excluding hydrogens is 126 g/mol. The van der Waals surface area contributed by atoms with Crippen LogP contribution in [-0.4, -0.2) is 44.2 Å². The van der Waals surface area contributed by atoms with Gasteiger partial charge in [-0.05, 0) is 13.0 Å². The van der Waals surface area contributed by atoms with Gasteiger partial charge in [-0.15, -0.1) is 0 Å². The molecule has 3 nitrogen and oxygen atoms in total. The molecule has 1 saturated heterocycles. The predicted molar refractivity (Wildman–Crippen MR) is 42.0 cm³/mol. The lowest BCUT2D eigenvalue weighted by molar-refractivity contribution is 0.301. The molecule has 0 spiro atoms. The largest absolute Gasteiger partial charge is 0.329 e. The highest BCUT2D eigenvalue weighted by Crippen LogP contribution is 1.93. The molecule has 1 heterocycles. The van der Waals surface area contributed by atoms with Crippen LogP contribution in [-0.2, 0) is 0 Å². The summed E-state index contributed by atoms with van der Waals surface area (Å²) in [6.45, 7) is 6.15. The van der Waals surface area contributed by atoms with E-state index in [4.69, 9.17) is 5.73 Å². The Morgan fingerprint density at radius 1 is 1.30 bits per heavy atom. The number of nitrogens with zero attached hydrogens (tertiary/aromatic N) is 2. The molecule has 0 bridgehead atoms. The Morgan fingerprint density at radius 3 is 3.00 bits per heavy atom. The highest BCUT2D eigenvalue weighted by atomic mass is 15.2. The van der Waals surface area contributed by atoms with Crippen molar-refractivity contribution in [1.29, 1.82) is 0 Å². The third-order valence-corrected chi connectivity index (χ3v) is 1.81. The first-order chi connectivity index (χ1) is 4.93. The van der Waals surface area contributed by atoms with Crippen LogP contribution in [0.15, 0.2) is 0 Å². The van der Waals surface area contributed by atoms with Crippen molar-refractivity contribution in [3.05, 3.63) is 0 Å². The maximum Gasteiger partial charge on any atom is 0.0261 e. The van der Waals surface area contributed by atoms with Crippen LogP contribution in [0, 0.1) is 0 Å². The summed E-state index contributed by atoms with van der Waals surface area (Å²) in [7, 11) is 0. The Kier molecular flexibility index (Phi) is 3.72. The van der Waals surface area contributed by atoms with E-state index in [1.54, 1.807) is 0 Å². The molecule has 1 fully saturated rings. The molecule has 0 amide bonds. The number of hydrogen-bond acceptors (Lipinski definition) is 2. The lowest BCUT2D eigenvalue weighted by Crippen LogP contribution is -2.31. The van der Waals surface area contributed by atoms with E-state index in [9.17, 15) is 0 Å². The minimum atomic E-state index is 0.778.